The second kappa shape index (κ2) is 5.30. The van der Waals surface area contributed by atoms with Gasteiger partial charge in [0, 0.05) is 12.0 Å². The zero-order valence-corrected chi connectivity index (χ0v) is 11.5. The fourth-order valence-electron chi connectivity index (χ4n) is 1.63. The molecule has 0 fully saturated rings. The molecule has 1 rings (SSSR count). The van der Waals surface area contributed by atoms with E-state index in [2.05, 4.69) is 42.9 Å². The van der Waals surface area contributed by atoms with E-state index in [0.29, 0.717) is 0 Å². The van der Waals surface area contributed by atoms with Gasteiger partial charge in [0.2, 0.25) is 0 Å². The van der Waals surface area contributed by atoms with Gasteiger partial charge in [-0.1, -0.05) is 0 Å². The minimum Gasteiger partial charge on any atom is -0.390 e. The highest BCUT2D eigenvalue weighted by Gasteiger charge is 2.21. The molecule has 2 N–H and O–H groups in total. The fraction of sp³-hybridized carbons (Fsp3) is 0.692. The van der Waals surface area contributed by atoms with E-state index in [1.165, 1.54) is 5.56 Å². The molecule has 0 saturated heterocycles. The van der Waals surface area contributed by atoms with E-state index >= 15 is 0 Å². The number of thiophene rings is 1. The van der Waals surface area contributed by atoms with Gasteiger partial charge in [0.1, 0.15) is 0 Å². The molecule has 0 spiro atoms. The summed E-state index contributed by atoms with van der Waals surface area (Å²) in [5.74, 6) is 0. The molecular weight excluding hydrogens is 218 g/mol. The first-order valence-electron chi connectivity index (χ1n) is 5.77. The molecule has 0 aliphatic heterocycles. The van der Waals surface area contributed by atoms with E-state index < -0.39 is 5.60 Å². The Bertz CT molecular complexity index is 298. The Balaban J connectivity index is 2.34. The summed E-state index contributed by atoms with van der Waals surface area (Å²) in [7, 11) is 0. The molecule has 1 heterocycles. The highest BCUT2D eigenvalue weighted by Crippen LogP contribution is 2.18. The van der Waals surface area contributed by atoms with E-state index in [1.54, 1.807) is 11.3 Å². The third kappa shape index (κ3) is 5.64. The van der Waals surface area contributed by atoms with E-state index in [1.807, 2.05) is 6.92 Å². The van der Waals surface area contributed by atoms with Crippen LogP contribution in [0.3, 0.4) is 0 Å². The van der Waals surface area contributed by atoms with Crippen LogP contribution in [0.4, 0.5) is 0 Å². The molecule has 16 heavy (non-hydrogen) atoms. The van der Waals surface area contributed by atoms with Gasteiger partial charge in [0.15, 0.2) is 0 Å². The maximum Gasteiger partial charge on any atom is 0.0672 e. The standard InChI is InChI=1S/C13H23NOS/c1-12(2,3)14-7-6-13(4,15)9-11-5-8-16-10-11/h5,8,10,14-15H,6-7,9H2,1-4H3. The van der Waals surface area contributed by atoms with Crippen LogP contribution in [0, 0.1) is 0 Å². The molecular formula is C13H23NOS. The van der Waals surface area contributed by atoms with E-state index in [9.17, 15) is 5.11 Å². The van der Waals surface area contributed by atoms with Crippen molar-refractivity contribution in [1.29, 1.82) is 0 Å². The summed E-state index contributed by atoms with van der Waals surface area (Å²) >= 11 is 1.68. The van der Waals surface area contributed by atoms with E-state index in [0.717, 1.165) is 19.4 Å². The third-order valence-electron chi connectivity index (χ3n) is 2.48. The van der Waals surface area contributed by atoms with Crippen LogP contribution in [0.25, 0.3) is 0 Å². The van der Waals surface area contributed by atoms with Crippen LogP contribution >= 0.6 is 11.3 Å². The SMILES string of the molecule is CC(O)(CCNC(C)(C)C)Cc1ccsc1. The van der Waals surface area contributed by atoms with Crippen molar-refractivity contribution in [3.63, 3.8) is 0 Å². The lowest BCUT2D eigenvalue weighted by atomic mass is 9.94. The summed E-state index contributed by atoms with van der Waals surface area (Å²) in [5.41, 5.74) is 0.739. The topological polar surface area (TPSA) is 32.3 Å². The number of hydrogen-bond donors (Lipinski definition) is 2. The Morgan fingerprint density at radius 1 is 1.31 bits per heavy atom. The summed E-state index contributed by atoms with van der Waals surface area (Å²) in [6.45, 7) is 9.18. The van der Waals surface area contributed by atoms with Gasteiger partial charge in [0.25, 0.3) is 0 Å². The maximum atomic E-state index is 10.2. The monoisotopic (exact) mass is 241 g/mol. The van der Waals surface area contributed by atoms with Gasteiger partial charge in [0.05, 0.1) is 5.60 Å². The van der Waals surface area contributed by atoms with E-state index in [-0.39, 0.29) is 5.54 Å². The molecule has 0 aliphatic rings. The predicted molar refractivity (Wildman–Crippen MR) is 71.0 cm³/mol. The molecule has 92 valence electrons. The summed E-state index contributed by atoms with van der Waals surface area (Å²) in [5, 5.41) is 17.8. The zero-order chi connectivity index (χ0) is 12.2. The quantitative estimate of drug-likeness (QED) is 0.831. The molecule has 3 heteroatoms. The molecule has 0 amide bonds. The molecule has 2 nitrogen and oxygen atoms in total. The number of nitrogens with one attached hydrogen (secondary N) is 1. The molecule has 1 atom stereocenters. The summed E-state index contributed by atoms with van der Waals surface area (Å²) < 4.78 is 0. The number of rotatable bonds is 5. The smallest absolute Gasteiger partial charge is 0.0672 e. The van der Waals surface area contributed by atoms with E-state index in [4.69, 9.17) is 0 Å². The minimum absolute atomic E-state index is 0.123. The Hall–Kier alpha value is -0.380. The lowest BCUT2D eigenvalue weighted by Crippen LogP contribution is -2.40. The molecule has 0 aromatic carbocycles. The Morgan fingerprint density at radius 2 is 2.00 bits per heavy atom. The molecule has 0 radical (unpaired) electrons. The van der Waals surface area contributed by atoms with Crippen LogP contribution in [0.2, 0.25) is 0 Å². The first kappa shape index (κ1) is 13.7. The first-order chi connectivity index (χ1) is 7.29. The Morgan fingerprint density at radius 3 is 2.50 bits per heavy atom. The fourth-order valence-corrected chi connectivity index (χ4v) is 2.30. The molecule has 1 unspecified atom stereocenters. The van der Waals surface area contributed by atoms with Crippen LogP contribution in [-0.2, 0) is 6.42 Å². The van der Waals surface area contributed by atoms with Crippen molar-refractivity contribution in [3.8, 4) is 0 Å². The molecule has 0 saturated carbocycles. The average molecular weight is 241 g/mol. The van der Waals surface area contributed by atoms with Crippen molar-refractivity contribution in [1.82, 2.24) is 5.32 Å². The van der Waals surface area contributed by atoms with Crippen molar-refractivity contribution < 1.29 is 5.11 Å². The van der Waals surface area contributed by atoms with Crippen LogP contribution in [0.5, 0.6) is 0 Å². The van der Waals surface area contributed by atoms with Crippen molar-refractivity contribution in [2.24, 2.45) is 0 Å². The molecule has 0 aliphatic carbocycles. The van der Waals surface area contributed by atoms with Crippen LogP contribution in [0.15, 0.2) is 16.8 Å². The highest BCUT2D eigenvalue weighted by molar-refractivity contribution is 7.07. The largest absolute Gasteiger partial charge is 0.390 e. The summed E-state index contributed by atoms with van der Waals surface area (Å²) in [4.78, 5) is 0. The van der Waals surface area contributed by atoms with Crippen molar-refractivity contribution in [3.05, 3.63) is 22.4 Å². The number of hydrogen-bond acceptors (Lipinski definition) is 3. The molecule has 0 bridgehead atoms. The third-order valence-corrected chi connectivity index (χ3v) is 3.22. The zero-order valence-electron chi connectivity index (χ0n) is 10.7. The lowest BCUT2D eigenvalue weighted by Gasteiger charge is -2.26. The Labute approximate surface area is 103 Å². The summed E-state index contributed by atoms with van der Waals surface area (Å²) in [6.07, 6.45) is 1.52. The van der Waals surface area contributed by atoms with Crippen LogP contribution < -0.4 is 5.32 Å². The average Bonchev–Trinajstić information content (AvgIpc) is 2.52. The van der Waals surface area contributed by atoms with Gasteiger partial charge in [-0.3, -0.25) is 0 Å². The first-order valence-corrected chi connectivity index (χ1v) is 6.71. The van der Waals surface area contributed by atoms with Crippen molar-refractivity contribution in [2.45, 2.75) is 51.7 Å². The molecule has 1 aromatic heterocycles. The minimum atomic E-state index is -0.612. The lowest BCUT2D eigenvalue weighted by molar-refractivity contribution is 0.0500. The van der Waals surface area contributed by atoms with Crippen LogP contribution in [-0.4, -0.2) is 22.8 Å². The normalized spacial score (nSPS) is 16.1. The van der Waals surface area contributed by atoms with Gasteiger partial charge >= 0.3 is 0 Å². The van der Waals surface area contributed by atoms with Gasteiger partial charge in [-0.05, 0) is 63.1 Å². The molecule has 1 aromatic rings. The van der Waals surface area contributed by atoms with Crippen molar-refractivity contribution >= 4 is 11.3 Å². The highest BCUT2D eigenvalue weighted by atomic mass is 32.1. The second-order valence-corrected chi connectivity index (χ2v) is 6.51. The Kier molecular flexibility index (Phi) is 4.53. The second-order valence-electron chi connectivity index (χ2n) is 5.73. The van der Waals surface area contributed by atoms with Gasteiger partial charge in [-0.2, -0.15) is 11.3 Å². The van der Waals surface area contributed by atoms with Crippen LogP contribution in [0.1, 0.15) is 39.7 Å². The maximum absolute atomic E-state index is 10.2. The van der Waals surface area contributed by atoms with Crippen molar-refractivity contribution in [2.75, 3.05) is 6.54 Å². The predicted octanol–water partition coefficient (Wildman–Crippen LogP) is 2.82. The van der Waals surface area contributed by atoms with Gasteiger partial charge < -0.3 is 10.4 Å². The summed E-state index contributed by atoms with van der Waals surface area (Å²) in [6, 6.07) is 2.08. The van der Waals surface area contributed by atoms with Gasteiger partial charge in [-0.25, -0.2) is 0 Å². The number of aliphatic hydroxyl groups is 1. The van der Waals surface area contributed by atoms with Gasteiger partial charge in [-0.15, -0.1) is 0 Å².